The number of ether oxygens (including phenoxy) is 1. The number of aryl methyl sites for hydroxylation is 1. The van der Waals surface area contributed by atoms with E-state index in [1.165, 1.54) is 6.07 Å². The van der Waals surface area contributed by atoms with Gasteiger partial charge in [-0.1, -0.05) is 24.3 Å². The maximum Gasteiger partial charge on any atom is 0.416 e. The number of hydrogen-bond acceptors (Lipinski definition) is 5. The summed E-state index contributed by atoms with van der Waals surface area (Å²) in [5.74, 6) is -3.58. The first kappa shape index (κ1) is 23.8. The fourth-order valence-corrected chi connectivity index (χ4v) is 3.21. The van der Waals surface area contributed by atoms with Crippen molar-refractivity contribution in [3.8, 4) is 0 Å². The average Bonchev–Trinajstić information content (AvgIpc) is 3.12. The molecule has 11 heteroatoms. The Hall–Kier alpha value is -3.89. The third-order valence-corrected chi connectivity index (χ3v) is 4.90. The molecule has 0 saturated carbocycles. The smallest absolute Gasteiger partial charge is 0.416 e. The molecular weight excluding hydrogens is 443 g/mol. The Kier molecular flexibility index (Phi) is 7.00. The second kappa shape index (κ2) is 9.72. The van der Waals surface area contributed by atoms with Crippen molar-refractivity contribution in [2.45, 2.75) is 19.5 Å². The Labute approximate surface area is 186 Å². The average molecular weight is 463 g/mol. The molecule has 2 N–H and O–H groups in total. The molecule has 1 fully saturated rings. The minimum atomic E-state index is -4.57. The minimum Gasteiger partial charge on any atom is -0.455 e. The van der Waals surface area contributed by atoms with Gasteiger partial charge in [0.1, 0.15) is 0 Å². The number of rotatable bonds is 6. The first-order valence-electron chi connectivity index (χ1n) is 9.85. The van der Waals surface area contributed by atoms with E-state index in [2.05, 4.69) is 10.7 Å². The SMILES string of the molecule is Cc1ccccc1C(=O)NN1C[C@@H](C(=O)OCC(=O)Nc2cccc(C(F)(F)F)c2)CC1=O. The van der Waals surface area contributed by atoms with Gasteiger partial charge in [0.2, 0.25) is 5.91 Å². The quantitative estimate of drug-likeness (QED) is 0.641. The number of nitrogens with one attached hydrogen (secondary N) is 2. The zero-order chi connectivity index (χ0) is 24.2. The van der Waals surface area contributed by atoms with Gasteiger partial charge < -0.3 is 10.1 Å². The van der Waals surface area contributed by atoms with Crippen LogP contribution in [0.3, 0.4) is 0 Å². The van der Waals surface area contributed by atoms with Gasteiger partial charge in [0.05, 0.1) is 18.0 Å². The normalized spacial score (nSPS) is 15.8. The van der Waals surface area contributed by atoms with Gasteiger partial charge in [0.25, 0.3) is 11.8 Å². The molecule has 1 heterocycles. The number of anilines is 1. The molecule has 0 aromatic heterocycles. The summed E-state index contributed by atoms with van der Waals surface area (Å²) in [4.78, 5) is 48.7. The Balaban J connectivity index is 1.50. The molecule has 3 rings (SSSR count). The lowest BCUT2D eigenvalue weighted by Crippen LogP contribution is -2.43. The zero-order valence-electron chi connectivity index (χ0n) is 17.4. The number of halogens is 3. The molecule has 8 nitrogen and oxygen atoms in total. The van der Waals surface area contributed by atoms with Gasteiger partial charge in [-0.3, -0.25) is 29.6 Å². The Bertz CT molecular complexity index is 1090. The van der Waals surface area contributed by atoms with Crippen molar-refractivity contribution in [2.75, 3.05) is 18.5 Å². The van der Waals surface area contributed by atoms with E-state index in [1.54, 1.807) is 31.2 Å². The van der Waals surface area contributed by atoms with Crippen molar-refractivity contribution in [1.82, 2.24) is 10.4 Å². The van der Waals surface area contributed by atoms with Crippen LogP contribution in [0.1, 0.15) is 27.9 Å². The van der Waals surface area contributed by atoms with Crippen LogP contribution in [0.5, 0.6) is 0 Å². The van der Waals surface area contributed by atoms with Crippen LogP contribution in [0.4, 0.5) is 18.9 Å². The molecule has 1 aliphatic rings. The Morgan fingerprint density at radius 3 is 2.55 bits per heavy atom. The van der Waals surface area contributed by atoms with E-state index in [0.29, 0.717) is 11.1 Å². The van der Waals surface area contributed by atoms with Crippen molar-refractivity contribution in [1.29, 1.82) is 0 Å². The van der Waals surface area contributed by atoms with Crippen molar-refractivity contribution in [2.24, 2.45) is 5.92 Å². The minimum absolute atomic E-state index is 0.105. The molecule has 33 heavy (non-hydrogen) atoms. The molecule has 2 aromatic carbocycles. The van der Waals surface area contributed by atoms with Gasteiger partial charge in [-0.25, -0.2) is 0 Å². The summed E-state index contributed by atoms with van der Waals surface area (Å²) in [5, 5.41) is 3.23. The molecule has 2 aromatic rings. The fourth-order valence-electron chi connectivity index (χ4n) is 3.21. The number of hydrazine groups is 1. The standard InChI is InChI=1S/C22H20F3N3O5/c1-13-5-2-3-8-17(13)20(31)27-28-11-14(9-19(28)30)21(32)33-12-18(29)26-16-7-4-6-15(10-16)22(23,24)25/h2-8,10,14H,9,11-12H2,1H3,(H,26,29)(H,27,31)/t14-/m0/s1. The molecule has 1 atom stereocenters. The van der Waals surface area contributed by atoms with Crippen LogP contribution < -0.4 is 10.7 Å². The van der Waals surface area contributed by atoms with Crippen molar-refractivity contribution in [3.05, 3.63) is 65.2 Å². The van der Waals surface area contributed by atoms with E-state index in [0.717, 1.165) is 23.2 Å². The first-order chi connectivity index (χ1) is 15.5. The summed E-state index contributed by atoms with van der Waals surface area (Å²) < 4.78 is 43.2. The van der Waals surface area contributed by atoms with E-state index < -0.39 is 48.0 Å². The number of carbonyl (C=O) groups excluding carboxylic acids is 4. The lowest BCUT2D eigenvalue weighted by Gasteiger charge is -2.18. The monoisotopic (exact) mass is 463 g/mol. The van der Waals surface area contributed by atoms with Gasteiger partial charge in [0.15, 0.2) is 6.61 Å². The maximum absolute atomic E-state index is 12.8. The van der Waals surface area contributed by atoms with E-state index in [9.17, 15) is 32.3 Å². The molecule has 0 spiro atoms. The lowest BCUT2D eigenvalue weighted by molar-refractivity contribution is -0.151. The van der Waals surface area contributed by atoms with Crippen molar-refractivity contribution >= 4 is 29.4 Å². The van der Waals surface area contributed by atoms with Crippen LogP contribution in [0.2, 0.25) is 0 Å². The largest absolute Gasteiger partial charge is 0.455 e. The highest BCUT2D eigenvalue weighted by molar-refractivity contribution is 5.98. The topological polar surface area (TPSA) is 105 Å². The van der Waals surface area contributed by atoms with E-state index >= 15 is 0 Å². The lowest BCUT2D eigenvalue weighted by atomic mass is 10.1. The summed E-state index contributed by atoms with van der Waals surface area (Å²) >= 11 is 0. The summed E-state index contributed by atoms with van der Waals surface area (Å²) in [6, 6.07) is 10.8. The molecule has 0 radical (unpaired) electrons. The van der Waals surface area contributed by atoms with Gasteiger partial charge in [-0.05, 0) is 36.8 Å². The number of benzene rings is 2. The molecule has 0 aliphatic carbocycles. The van der Waals surface area contributed by atoms with Crippen LogP contribution in [0, 0.1) is 12.8 Å². The second-order valence-corrected chi connectivity index (χ2v) is 7.40. The van der Waals surface area contributed by atoms with E-state index in [4.69, 9.17) is 4.74 Å². The van der Waals surface area contributed by atoms with E-state index in [-0.39, 0.29) is 18.7 Å². The maximum atomic E-state index is 12.8. The Morgan fingerprint density at radius 1 is 1.12 bits per heavy atom. The molecule has 1 saturated heterocycles. The summed E-state index contributed by atoms with van der Waals surface area (Å²) in [5.41, 5.74) is 2.50. The number of carbonyl (C=O) groups is 4. The highest BCUT2D eigenvalue weighted by atomic mass is 19.4. The summed E-state index contributed by atoms with van der Waals surface area (Å²) in [6.07, 6.45) is -4.79. The summed E-state index contributed by atoms with van der Waals surface area (Å²) in [6.45, 7) is 0.866. The molecule has 174 valence electrons. The van der Waals surface area contributed by atoms with Gasteiger partial charge >= 0.3 is 12.1 Å². The first-order valence-corrected chi connectivity index (χ1v) is 9.85. The fraction of sp³-hybridized carbons (Fsp3) is 0.273. The van der Waals surface area contributed by atoms with Crippen LogP contribution in [-0.4, -0.2) is 41.9 Å². The number of alkyl halides is 3. The van der Waals surface area contributed by atoms with Gasteiger partial charge in [0, 0.05) is 17.7 Å². The zero-order valence-corrected chi connectivity index (χ0v) is 17.4. The molecule has 1 aliphatic heterocycles. The van der Waals surface area contributed by atoms with Gasteiger partial charge in [-0.2, -0.15) is 13.2 Å². The number of nitrogens with zero attached hydrogens (tertiary/aromatic N) is 1. The third-order valence-electron chi connectivity index (χ3n) is 4.90. The molecule has 0 bridgehead atoms. The third kappa shape index (κ3) is 6.09. The molecular formula is C22H20F3N3O5. The number of hydrogen-bond donors (Lipinski definition) is 2. The van der Waals surface area contributed by atoms with Crippen molar-refractivity contribution in [3.63, 3.8) is 0 Å². The predicted octanol–water partition coefficient (Wildman–Crippen LogP) is 2.69. The predicted molar refractivity (Wildman–Crippen MR) is 109 cm³/mol. The second-order valence-electron chi connectivity index (χ2n) is 7.40. The molecule has 3 amide bonds. The number of amides is 3. The Morgan fingerprint density at radius 2 is 1.85 bits per heavy atom. The van der Waals surface area contributed by atoms with Crippen LogP contribution in [0.15, 0.2) is 48.5 Å². The van der Waals surface area contributed by atoms with Gasteiger partial charge in [-0.15, -0.1) is 0 Å². The van der Waals surface area contributed by atoms with Crippen LogP contribution in [-0.2, 0) is 25.3 Å². The highest BCUT2D eigenvalue weighted by Crippen LogP contribution is 2.30. The highest BCUT2D eigenvalue weighted by Gasteiger charge is 2.37. The molecule has 0 unspecified atom stereocenters. The summed E-state index contributed by atoms with van der Waals surface area (Å²) in [7, 11) is 0. The van der Waals surface area contributed by atoms with Crippen LogP contribution in [0.25, 0.3) is 0 Å². The number of esters is 1. The van der Waals surface area contributed by atoms with E-state index in [1.807, 2.05) is 0 Å². The van der Waals surface area contributed by atoms with Crippen LogP contribution >= 0.6 is 0 Å². The van der Waals surface area contributed by atoms with Crippen molar-refractivity contribution < 1.29 is 37.1 Å².